The number of thiophene rings is 1. The number of anilines is 1. The number of hydrogen-bond donors (Lipinski definition) is 1. The zero-order valence-electron chi connectivity index (χ0n) is 8.64. The van der Waals surface area contributed by atoms with Crippen LogP contribution >= 0.6 is 54.8 Å². The lowest BCUT2D eigenvalue weighted by molar-refractivity contribution is 0.102. The highest BCUT2D eigenvalue weighted by Crippen LogP contribution is 2.32. The molecule has 18 heavy (non-hydrogen) atoms. The van der Waals surface area contributed by atoms with Gasteiger partial charge < -0.3 is 5.32 Å². The molecule has 0 spiro atoms. The summed E-state index contributed by atoms with van der Waals surface area (Å²) >= 11 is 13.8. The lowest BCUT2D eigenvalue weighted by atomic mass is 10.2. The van der Waals surface area contributed by atoms with Crippen LogP contribution in [-0.4, -0.2) is 5.91 Å². The van der Waals surface area contributed by atoms with Crippen LogP contribution in [0.15, 0.2) is 31.8 Å². The van der Waals surface area contributed by atoms with Crippen LogP contribution in [0, 0.1) is 5.82 Å². The Morgan fingerprint density at radius 1 is 1.33 bits per heavy atom. The van der Waals surface area contributed by atoms with Gasteiger partial charge >= 0.3 is 0 Å². The summed E-state index contributed by atoms with van der Waals surface area (Å²) in [6.07, 6.45) is 0. The topological polar surface area (TPSA) is 29.1 Å². The smallest absolute Gasteiger partial charge is 0.257 e. The maximum absolute atomic E-state index is 12.9. The van der Waals surface area contributed by atoms with Gasteiger partial charge in [0.25, 0.3) is 5.91 Å². The Morgan fingerprint density at radius 3 is 2.61 bits per heavy atom. The van der Waals surface area contributed by atoms with E-state index in [0.29, 0.717) is 15.0 Å². The van der Waals surface area contributed by atoms with Crippen LogP contribution in [0.4, 0.5) is 10.1 Å². The third kappa shape index (κ3) is 3.12. The van der Waals surface area contributed by atoms with Crippen LogP contribution in [0.1, 0.15) is 10.4 Å². The maximum Gasteiger partial charge on any atom is 0.257 e. The predicted octanol–water partition coefficient (Wildman–Crippen LogP) is 5.32. The molecule has 1 N–H and O–H groups in total. The zero-order valence-corrected chi connectivity index (χ0v) is 13.4. The van der Waals surface area contributed by atoms with Gasteiger partial charge in [-0.05, 0) is 56.1 Å². The molecule has 0 aliphatic heterocycles. The maximum atomic E-state index is 12.9. The summed E-state index contributed by atoms with van der Waals surface area (Å²) in [7, 11) is 0. The Hall–Kier alpha value is -0.430. The molecule has 0 aliphatic rings. The molecule has 0 unspecified atom stereocenters. The van der Waals surface area contributed by atoms with E-state index in [4.69, 9.17) is 11.6 Å². The van der Waals surface area contributed by atoms with Gasteiger partial charge in [0.05, 0.1) is 23.8 Å². The lowest BCUT2D eigenvalue weighted by Gasteiger charge is -2.06. The van der Waals surface area contributed by atoms with Crippen LogP contribution in [0.3, 0.4) is 0 Å². The second-order valence-electron chi connectivity index (χ2n) is 3.32. The first-order valence-corrected chi connectivity index (χ1v) is 7.46. The number of nitrogens with one attached hydrogen (secondary N) is 1. The SMILES string of the molecule is O=C(Nc1ccc(F)cc1Cl)c1cc(Br)sc1Br. The quantitative estimate of drug-likeness (QED) is 0.710. The number of halogens is 4. The second-order valence-corrected chi connectivity index (χ2v) is 7.47. The highest BCUT2D eigenvalue weighted by molar-refractivity contribution is 9.12. The summed E-state index contributed by atoms with van der Waals surface area (Å²) in [5.41, 5.74) is 0.865. The van der Waals surface area contributed by atoms with Crippen LogP contribution in [0.2, 0.25) is 5.02 Å². The lowest BCUT2D eigenvalue weighted by Crippen LogP contribution is -2.11. The van der Waals surface area contributed by atoms with Gasteiger partial charge in [0.1, 0.15) is 5.82 Å². The second kappa shape index (κ2) is 5.69. The van der Waals surface area contributed by atoms with E-state index in [1.165, 1.54) is 23.5 Å². The number of rotatable bonds is 2. The van der Waals surface area contributed by atoms with Crippen LogP contribution in [0.25, 0.3) is 0 Å². The summed E-state index contributed by atoms with van der Waals surface area (Å²) in [4.78, 5) is 12.0. The van der Waals surface area contributed by atoms with E-state index in [1.807, 2.05) is 0 Å². The Kier molecular flexibility index (Phi) is 4.42. The number of amides is 1. The van der Waals surface area contributed by atoms with Crippen molar-refractivity contribution in [2.24, 2.45) is 0 Å². The molecule has 0 atom stereocenters. The monoisotopic (exact) mass is 411 g/mol. The van der Waals surface area contributed by atoms with Gasteiger partial charge in [-0.2, -0.15) is 0 Å². The number of hydrogen-bond acceptors (Lipinski definition) is 2. The van der Waals surface area contributed by atoms with Crippen molar-refractivity contribution in [3.05, 3.63) is 48.2 Å². The molecule has 0 saturated carbocycles. The van der Waals surface area contributed by atoms with Gasteiger partial charge in [-0.15, -0.1) is 11.3 Å². The summed E-state index contributed by atoms with van der Waals surface area (Å²) in [5.74, 6) is -0.755. The number of benzene rings is 1. The molecule has 1 heterocycles. The molecule has 1 aromatic heterocycles. The van der Waals surface area contributed by atoms with E-state index in [2.05, 4.69) is 37.2 Å². The van der Waals surface area contributed by atoms with Gasteiger partial charge in [-0.1, -0.05) is 11.6 Å². The minimum Gasteiger partial charge on any atom is -0.321 e. The van der Waals surface area contributed by atoms with Crippen LogP contribution in [-0.2, 0) is 0 Å². The Balaban J connectivity index is 2.24. The van der Waals surface area contributed by atoms with E-state index in [1.54, 1.807) is 6.07 Å². The van der Waals surface area contributed by atoms with Crippen molar-refractivity contribution in [3.8, 4) is 0 Å². The molecule has 1 amide bonds. The van der Waals surface area contributed by atoms with Crippen LogP contribution in [0.5, 0.6) is 0 Å². The molecule has 2 aromatic rings. The first-order valence-electron chi connectivity index (χ1n) is 4.68. The number of carbonyl (C=O) groups is 1. The van der Waals surface area contributed by atoms with Crippen molar-refractivity contribution in [2.75, 3.05) is 5.32 Å². The van der Waals surface area contributed by atoms with E-state index in [0.717, 1.165) is 9.85 Å². The highest BCUT2D eigenvalue weighted by atomic mass is 79.9. The van der Waals surface area contributed by atoms with E-state index in [-0.39, 0.29) is 10.9 Å². The molecule has 2 rings (SSSR count). The Labute approximate surface area is 128 Å². The molecule has 7 heteroatoms. The minimum atomic E-state index is -0.447. The average Bonchev–Trinajstić information content (AvgIpc) is 2.62. The van der Waals surface area contributed by atoms with E-state index >= 15 is 0 Å². The molecular weight excluding hydrogens is 408 g/mol. The van der Waals surface area contributed by atoms with Crippen molar-refractivity contribution >= 4 is 66.4 Å². The van der Waals surface area contributed by atoms with Gasteiger partial charge in [-0.25, -0.2) is 4.39 Å². The first kappa shape index (κ1) is 14.0. The van der Waals surface area contributed by atoms with E-state index in [9.17, 15) is 9.18 Å². The molecule has 0 bridgehead atoms. The number of carbonyl (C=O) groups excluding carboxylic acids is 1. The van der Waals surface area contributed by atoms with Crippen molar-refractivity contribution in [1.82, 2.24) is 0 Å². The fourth-order valence-electron chi connectivity index (χ4n) is 1.28. The fourth-order valence-corrected chi connectivity index (χ4v) is 4.28. The molecule has 1 aromatic carbocycles. The van der Waals surface area contributed by atoms with Gasteiger partial charge in [-0.3, -0.25) is 4.79 Å². The first-order chi connectivity index (χ1) is 8.47. The normalized spacial score (nSPS) is 10.4. The van der Waals surface area contributed by atoms with Crippen molar-refractivity contribution < 1.29 is 9.18 Å². The third-order valence-corrected chi connectivity index (χ3v) is 4.73. The molecule has 94 valence electrons. The van der Waals surface area contributed by atoms with Gasteiger partial charge in [0, 0.05) is 0 Å². The molecule has 0 fully saturated rings. The van der Waals surface area contributed by atoms with Gasteiger partial charge in [0.15, 0.2) is 0 Å². The molecule has 0 aliphatic carbocycles. The third-order valence-electron chi connectivity index (χ3n) is 2.08. The fraction of sp³-hybridized carbons (Fsp3) is 0. The van der Waals surface area contributed by atoms with E-state index < -0.39 is 5.82 Å². The Morgan fingerprint density at radius 2 is 2.06 bits per heavy atom. The minimum absolute atomic E-state index is 0.161. The molecular formula is C11H5Br2ClFNOS. The van der Waals surface area contributed by atoms with Crippen molar-refractivity contribution in [3.63, 3.8) is 0 Å². The molecule has 0 saturated heterocycles. The molecule has 2 nitrogen and oxygen atoms in total. The zero-order chi connectivity index (χ0) is 13.3. The predicted molar refractivity (Wildman–Crippen MR) is 79.1 cm³/mol. The summed E-state index contributed by atoms with van der Waals surface area (Å²) < 4.78 is 14.4. The molecule has 0 radical (unpaired) electrons. The Bertz CT molecular complexity index is 617. The highest BCUT2D eigenvalue weighted by Gasteiger charge is 2.15. The summed E-state index contributed by atoms with van der Waals surface area (Å²) in [6, 6.07) is 5.50. The average molecular weight is 413 g/mol. The summed E-state index contributed by atoms with van der Waals surface area (Å²) in [6.45, 7) is 0. The largest absolute Gasteiger partial charge is 0.321 e. The van der Waals surface area contributed by atoms with Crippen molar-refractivity contribution in [1.29, 1.82) is 0 Å². The van der Waals surface area contributed by atoms with Gasteiger partial charge in [0.2, 0.25) is 0 Å². The standard InChI is InChI=1S/C11H5Br2ClFNOS/c12-9-4-6(10(13)18-9)11(17)16-8-2-1-5(15)3-7(8)14/h1-4H,(H,16,17). The summed E-state index contributed by atoms with van der Waals surface area (Å²) in [5, 5.41) is 2.79. The van der Waals surface area contributed by atoms with Crippen LogP contribution < -0.4 is 5.32 Å². The van der Waals surface area contributed by atoms with Crippen molar-refractivity contribution in [2.45, 2.75) is 0 Å².